The summed E-state index contributed by atoms with van der Waals surface area (Å²) >= 11 is 0. The molecule has 0 rings (SSSR count). The number of nitrogens with zero attached hydrogens (tertiary/aromatic N) is 1. The highest BCUT2D eigenvalue weighted by molar-refractivity contribution is 5.74. The summed E-state index contributed by atoms with van der Waals surface area (Å²) in [5, 5.41) is 11.9. The second-order valence-corrected chi connectivity index (χ2v) is 1.77. The third-order valence-corrected chi connectivity index (χ3v) is 0.950. The van der Waals surface area contributed by atoms with E-state index in [1.54, 1.807) is 7.05 Å². The number of hydrogen-bond donors (Lipinski definition) is 2. The van der Waals surface area contributed by atoms with Crippen LogP contribution in [0.25, 0.3) is 0 Å². The number of rotatable bonds is 3. The maximum Gasteiger partial charge on any atom is 0.246 e. The highest BCUT2D eigenvalue weighted by Crippen LogP contribution is 1.82. The summed E-state index contributed by atoms with van der Waals surface area (Å²) in [5.74, 6) is -0.274. The van der Waals surface area contributed by atoms with Gasteiger partial charge in [0.2, 0.25) is 5.91 Å². The van der Waals surface area contributed by atoms with Gasteiger partial charge in [-0.05, 0) is 7.05 Å². The van der Waals surface area contributed by atoms with Crippen molar-refractivity contribution < 1.29 is 10.0 Å². The summed E-state index contributed by atoms with van der Waals surface area (Å²) in [7, 11) is 3.07. The maximum atomic E-state index is 10.5. The molecular weight excluding hydrogens is 120 g/mol. The van der Waals surface area contributed by atoms with Crippen molar-refractivity contribution in [3.05, 3.63) is 0 Å². The number of hydrogen-bond acceptors (Lipinski definition) is 3. The minimum Gasteiger partial charge on any atom is -0.319 e. The molecule has 0 aliphatic carbocycles. The molecular formula is C5H12N2O2. The first-order chi connectivity index (χ1) is 4.18. The molecule has 0 heterocycles. The molecule has 0 bridgehead atoms. The average Bonchev–Trinajstić information content (AvgIpc) is 1.82. The summed E-state index contributed by atoms with van der Waals surface area (Å²) in [4.78, 5) is 10.5. The van der Waals surface area contributed by atoms with Crippen molar-refractivity contribution in [2.24, 2.45) is 0 Å². The Bertz CT molecular complexity index is 93.0. The molecule has 54 valence electrons. The van der Waals surface area contributed by atoms with E-state index in [1.165, 1.54) is 7.05 Å². The summed E-state index contributed by atoms with van der Waals surface area (Å²) in [6.45, 7) is 0.601. The first kappa shape index (κ1) is 8.39. The molecule has 0 unspecified atom stereocenters. The molecule has 0 aromatic heterocycles. The predicted octanol–water partition coefficient (Wildman–Crippen LogP) is -0.556. The molecule has 1 amide bonds. The standard InChI is InChI=1S/C5H12N2O2/c1-6-4-3-5(8)7(2)9/h6,9H,3-4H2,1-2H3. The van der Waals surface area contributed by atoms with Crippen molar-refractivity contribution >= 4 is 5.91 Å². The molecule has 4 nitrogen and oxygen atoms in total. The molecule has 9 heavy (non-hydrogen) atoms. The molecule has 4 heteroatoms. The lowest BCUT2D eigenvalue weighted by molar-refractivity contribution is -0.159. The van der Waals surface area contributed by atoms with Gasteiger partial charge in [-0.15, -0.1) is 0 Å². The third kappa shape index (κ3) is 3.93. The first-order valence-electron chi connectivity index (χ1n) is 2.78. The van der Waals surface area contributed by atoms with Gasteiger partial charge in [0.15, 0.2) is 0 Å². The Morgan fingerprint density at radius 2 is 2.33 bits per heavy atom. The number of nitrogens with one attached hydrogen (secondary N) is 1. The van der Waals surface area contributed by atoms with Gasteiger partial charge in [-0.3, -0.25) is 10.0 Å². The Morgan fingerprint density at radius 1 is 1.78 bits per heavy atom. The maximum absolute atomic E-state index is 10.5. The van der Waals surface area contributed by atoms with Crippen LogP contribution < -0.4 is 5.32 Å². The third-order valence-electron chi connectivity index (χ3n) is 0.950. The molecule has 0 spiro atoms. The molecule has 0 aliphatic heterocycles. The molecule has 0 aromatic rings. The summed E-state index contributed by atoms with van der Waals surface area (Å²) in [5.41, 5.74) is 0. The smallest absolute Gasteiger partial charge is 0.246 e. The number of carbonyl (C=O) groups is 1. The predicted molar refractivity (Wildman–Crippen MR) is 33.1 cm³/mol. The van der Waals surface area contributed by atoms with E-state index in [4.69, 9.17) is 5.21 Å². The van der Waals surface area contributed by atoms with Crippen LogP contribution in [0.2, 0.25) is 0 Å². The van der Waals surface area contributed by atoms with E-state index in [9.17, 15) is 4.79 Å². The van der Waals surface area contributed by atoms with Gasteiger partial charge in [0.05, 0.1) is 0 Å². The Balaban J connectivity index is 3.28. The SMILES string of the molecule is CNCCC(=O)N(C)O. The van der Waals surface area contributed by atoms with Crippen molar-refractivity contribution in [1.29, 1.82) is 0 Å². The van der Waals surface area contributed by atoms with Crippen LogP contribution in [0.15, 0.2) is 0 Å². The topological polar surface area (TPSA) is 52.6 Å². The fourth-order valence-corrected chi connectivity index (χ4v) is 0.394. The van der Waals surface area contributed by atoms with Crippen LogP contribution in [0.5, 0.6) is 0 Å². The van der Waals surface area contributed by atoms with Crippen LogP contribution in [-0.2, 0) is 4.79 Å². The Morgan fingerprint density at radius 3 is 2.67 bits per heavy atom. The second kappa shape index (κ2) is 4.29. The molecule has 2 N–H and O–H groups in total. The normalized spacial score (nSPS) is 9.22. The minimum absolute atomic E-state index is 0.274. The van der Waals surface area contributed by atoms with Crippen molar-refractivity contribution in [2.75, 3.05) is 20.6 Å². The zero-order valence-corrected chi connectivity index (χ0v) is 5.72. The monoisotopic (exact) mass is 132 g/mol. The van der Waals surface area contributed by atoms with Crippen molar-refractivity contribution in [3.63, 3.8) is 0 Å². The zero-order valence-electron chi connectivity index (χ0n) is 5.72. The number of amides is 1. The van der Waals surface area contributed by atoms with E-state index in [1.807, 2.05) is 0 Å². The fraction of sp³-hybridized carbons (Fsp3) is 0.800. The van der Waals surface area contributed by atoms with Gasteiger partial charge in [-0.1, -0.05) is 0 Å². The Kier molecular flexibility index (Phi) is 4.00. The van der Waals surface area contributed by atoms with Crippen LogP contribution in [-0.4, -0.2) is 36.8 Å². The number of carbonyl (C=O) groups excluding carboxylic acids is 1. The number of hydroxylamine groups is 2. The molecule has 0 fully saturated rings. The van der Waals surface area contributed by atoms with Crippen LogP contribution in [0, 0.1) is 0 Å². The minimum atomic E-state index is -0.274. The first-order valence-corrected chi connectivity index (χ1v) is 2.78. The lowest BCUT2D eigenvalue weighted by atomic mass is 10.4. The Hall–Kier alpha value is -0.610. The lowest BCUT2D eigenvalue weighted by Crippen LogP contribution is -2.25. The van der Waals surface area contributed by atoms with Gasteiger partial charge >= 0.3 is 0 Å². The average molecular weight is 132 g/mol. The molecule has 0 atom stereocenters. The summed E-state index contributed by atoms with van der Waals surface area (Å²) in [6.07, 6.45) is 0.337. The van der Waals surface area contributed by atoms with Gasteiger partial charge in [0, 0.05) is 20.0 Å². The van der Waals surface area contributed by atoms with E-state index in [-0.39, 0.29) is 5.91 Å². The van der Waals surface area contributed by atoms with Gasteiger partial charge in [-0.2, -0.15) is 0 Å². The van der Waals surface area contributed by atoms with E-state index in [0.717, 1.165) is 0 Å². The Labute approximate surface area is 54.4 Å². The largest absolute Gasteiger partial charge is 0.319 e. The van der Waals surface area contributed by atoms with Gasteiger partial charge in [-0.25, -0.2) is 5.06 Å². The van der Waals surface area contributed by atoms with E-state index < -0.39 is 0 Å². The molecule has 0 aliphatic rings. The van der Waals surface area contributed by atoms with Crippen LogP contribution >= 0.6 is 0 Å². The van der Waals surface area contributed by atoms with Crippen LogP contribution in [0.3, 0.4) is 0 Å². The van der Waals surface area contributed by atoms with E-state index in [0.29, 0.717) is 18.0 Å². The quantitative estimate of drug-likeness (QED) is 0.400. The van der Waals surface area contributed by atoms with Gasteiger partial charge in [0.1, 0.15) is 0 Å². The van der Waals surface area contributed by atoms with Crippen LogP contribution in [0.4, 0.5) is 0 Å². The fourth-order valence-electron chi connectivity index (χ4n) is 0.394. The zero-order chi connectivity index (χ0) is 7.28. The molecule has 0 saturated carbocycles. The second-order valence-electron chi connectivity index (χ2n) is 1.77. The molecule has 0 saturated heterocycles. The van der Waals surface area contributed by atoms with E-state index in [2.05, 4.69) is 5.32 Å². The molecule has 0 aromatic carbocycles. The van der Waals surface area contributed by atoms with Gasteiger partial charge < -0.3 is 5.32 Å². The molecule has 0 radical (unpaired) electrons. The van der Waals surface area contributed by atoms with Crippen molar-refractivity contribution in [3.8, 4) is 0 Å². The van der Waals surface area contributed by atoms with Crippen molar-refractivity contribution in [2.45, 2.75) is 6.42 Å². The van der Waals surface area contributed by atoms with E-state index >= 15 is 0 Å². The highest BCUT2D eigenvalue weighted by atomic mass is 16.5. The highest BCUT2D eigenvalue weighted by Gasteiger charge is 2.02. The van der Waals surface area contributed by atoms with Crippen molar-refractivity contribution in [1.82, 2.24) is 10.4 Å². The lowest BCUT2D eigenvalue weighted by Gasteiger charge is -2.06. The summed E-state index contributed by atoms with van der Waals surface area (Å²) < 4.78 is 0. The summed E-state index contributed by atoms with van der Waals surface area (Å²) in [6, 6.07) is 0. The van der Waals surface area contributed by atoms with Gasteiger partial charge in [0.25, 0.3) is 0 Å². The van der Waals surface area contributed by atoms with Crippen LogP contribution in [0.1, 0.15) is 6.42 Å².